The Labute approximate surface area is 101 Å². The van der Waals surface area contributed by atoms with Crippen LogP contribution in [-0.2, 0) is 16.3 Å². The Bertz CT molecular complexity index is 497. The van der Waals surface area contributed by atoms with Gasteiger partial charge in [-0.15, -0.1) is 0 Å². The molecule has 0 aromatic heterocycles. The topological polar surface area (TPSA) is 60.2 Å². The lowest BCUT2D eigenvalue weighted by atomic mass is 10.0. The van der Waals surface area contributed by atoms with E-state index in [0.717, 1.165) is 17.5 Å². The van der Waals surface area contributed by atoms with Crippen molar-refractivity contribution in [1.29, 1.82) is 0 Å². The van der Waals surface area contributed by atoms with Gasteiger partial charge in [0.15, 0.2) is 9.84 Å². The fraction of sp³-hybridized carbons (Fsp3) is 0.455. The van der Waals surface area contributed by atoms with Crippen LogP contribution in [0.5, 0.6) is 0 Å². The van der Waals surface area contributed by atoms with Gasteiger partial charge in [-0.3, -0.25) is 0 Å². The average molecular weight is 257 g/mol. The molecule has 3 nitrogen and oxygen atoms in total. The Morgan fingerprint density at radius 2 is 2.19 bits per heavy atom. The SMILES string of the molecule is NCC(S)c1ccc2c(c1)CCCS2(=O)=O. The van der Waals surface area contributed by atoms with Gasteiger partial charge in [-0.05, 0) is 30.0 Å². The quantitative estimate of drug-likeness (QED) is 0.786. The smallest absolute Gasteiger partial charge is 0.178 e. The fourth-order valence-electron chi connectivity index (χ4n) is 2.00. The molecule has 88 valence electrons. The van der Waals surface area contributed by atoms with E-state index in [-0.39, 0.29) is 11.0 Å². The summed E-state index contributed by atoms with van der Waals surface area (Å²) in [7, 11) is -3.05. The van der Waals surface area contributed by atoms with Crippen molar-refractivity contribution >= 4 is 22.5 Å². The van der Waals surface area contributed by atoms with Gasteiger partial charge >= 0.3 is 0 Å². The van der Waals surface area contributed by atoms with E-state index >= 15 is 0 Å². The van der Waals surface area contributed by atoms with E-state index in [1.54, 1.807) is 6.07 Å². The highest BCUT2D eigenvalue weighted by molar-refractivity contribution is 7.91. The van der Waals surface area contributed by atoms with E-state index in [9.17, 15) is 8.42 Å². The second-order valence-corrected chi connectivity index (χ2v) is 6.74. The maximum atomic E-state index is 11.8. The first-order valence-electron chi connectivity index (χ1n) is 5.28. The van der Waals surface area contributed by atoms with Crippen LogP contribution in [0, 0.1) is 0 Å². The molecule has 0 radical (unpaired) electrons. The van der Waals surface area contributed by atoms with Gasteiger partial charge in [-0.25, -0.2) is 8.42 Å². The number of hydrogen-bond donors (Lipinski definition) is 2. The van der Waals surface area contributed by atoms with Crippen molar-refractivity contribution in [3.63, 3.8) is 0 Å². The molecular weight excluding hydrogens is 242 g/mol. The van der Waals surface area contributed by atoms with Crippen LogP contribution in [0.4, 0.5) is 0 Å². The molecule has 5 heteroatoms. The Hall–Kier alpha value is -0.520. The minimum absolute atomic E-state index is 0.0186. The molecule has 16 heavy (non-hydrogen) atoms. The largest absolute Gasteiger partial charge is 0.329 e. The van der Waals surface area contributed by atoms with Crippen molar-refractivity contribution in [2.75, 3.05) is 12.3 Å². The number of sulfone groups is 1. The van der Waals surface area contributed by atoms with Gasteiger partial charge in [0.25, 0.3) is 0 Å². The third kappa shape index (κ3) is 2.12. The Morgan fingerprint density at radius 3 is 2.88 bits per heavy atom. The van der Waals surface area contributed by atoms with Crippen molar-refractivity contribution in [1.82, 2.24) is 0 Å². The molecular formula is C11H15NO2S2. The summed E-state index contributed by atoms with van der Waals surface area (Å²) in [6.07, 6.45) is 1.53. The molecule has 0 spiro atoms. The van der Waals surface area contributed by atoms with Crippen molar-refractivity contribution in [3.8, 4) is 0 Å². The van der Waals surface area contributed by atoms with Gasteiger partial charge < -0.3 is 5.73 Å². The highest BCUT2D eigenvalue weighted by atomic mass is 32.2. The lowest BCUT2D eigenvalue weighted by Crippen LogP contribution is -2.17. The summed E-state index contributed by atoms with van der Waals surface area (Å²) in [5.41, 5.74) is 7.45. The van der Waals surface area contributed by atoms with Crippen molar-refractivity contribution in [2.24, 2.45) is 5.73 Å². The summed E-state index contributed by atoms with van der Waals surface area (Å²) in [4.78, 5) is 0.486. The first-order valence-corrected chi connectivity index (χ1v) is 7.45. The number of nitrogens with two attached hydrogens (primary N) is 1. The number of fused-ring (bicyclic) bond motifs is 1. The molecule has 0 saturated carbocycles. The van der Waals surface area contributed by atoms with Crippen LogP contribution in [0.1, 0.15) is 22.8 Å². The zero-order chi connectivity index (χ0) is 11.8. The van der Waals surface area contributed by atoms with Crippen LogP contribution in [0.15, 0.2) is 23.1 Å². The van der Waals surface area contributed by atoms with Crippen LogP contribution < -0.4 is 5.73 Å². The van der Waals surface area contributed by atoms with Crippen LogP contribution in [0.25, 0.3) is 0 Å². The minimum Gasteiger partial charge on any atom is -0.329 e. The Kier molecular flexibility index (Phi) is 3.28. The highest BCUT2D eigenvalue weighted by Gasteiger charge is 2.23. The van der Waals surface area contributed by atoms with E-state index in [0.29, 0.717) is 17.9 Å². The summed E-state index contributed by atoms with van der Waals surface area (Å²) < 4.78 is 23.6. The van der Waals surface area contributed by atoms with Gasteiger partial charge in [0.05, 0.1) is 10.6 Å². The molecule has 0 bridgehead atoms. The van der Waals surface area contributed by atoms with E-state index < -0.39 is 9.84 Å². The number of thiol groups is 1. The van der Waals surface area contributed by atoms with E-state index in [1.807, 2.05) is 12.1 Å². The summed E-state index contributed by atoms with van der Waals surface area (Å²) in [6.45, 7) is 0.453. The van der Waals surface area contributed by atoms with Crippen LogP contribution >= 0.6 is 12.6 Å². The molecule has 0 saturated heterocycles. The highest BCUT2D eigenvalue weighted by Crippen LogP contribution is 2.29. The van der Waals surface area contributed by atoms with Gasteiger partial charge in [-0.1, -0.05) is 12.1 Å². The number of rotatable bonds is 2. The molecule has 1 aromatic carbocycles. The molecule has 1 aliphatic rings. The average Bonchev–Trinajstić information content (AvgIpc) is 2.27. The summed E-state index contributed by atoms with van der Waals surface area (Å²) in [6, 6.07) is 5.43. The number of aryl methyl sites for hydroxylation is 1. The lowest BCUT2D eigenvalue weighted by molar-refractivity contribution is 0.586. The molecule has 0 aliphatic carbocycles. The second kappa shape index (κ2) is 4.39. The summed E-state index contributed by atoms with van der Waals surface area (Å²) in [5.74, 6) is 0.264. The summed E-state index contributed by atoms with van der Waals surface area (Å²) in [5, 5.41) is -0.0186. The van der Waals surface area contributed by atoms with Crippen molar-refractivity contribution in [2.45, 2.75) is 23.0 Å². The molecule has 1 aliphatic heterocycles. The summed E-state index contributed by atoms with van der Waals surface area (Å²) >= 11 is 4.36. The van der Waals surface area contributed by atoms with E-state index in [4.69, 9.17) is 5.73 Å². The van der Waals surface area contributed by atoms with Gasteiger partial charge in [0.2, 0.25) is 0 Å². The predicted octanol–water partition coefficient (Wildman–Crippen LogP) is 1.34. The van der Waals surface area contributed by atoms with Crippen LogP contribution in [-0.4, -0.2) is 20.7 Å². The standard InChI is InChI=1S/C11H15NO2S2/c12-7-10(15)8-3-4-11-9(6-8)2-1-5-16(11,13)14/h3-4,6,10,15H,1-2,5,7,12H2. The molecule has 1 unspecified atom stereocenters. The third-order valence-corrected chi connectivity index (χ3v) is 5.29. The van der Waals surface area contributed by atoms with E-state index in [1.165, 1.54) is 0 Å². The first-order chi connectivity index (χ1) is 7.54. The number of hydrogen-bond acceptors (Lipinski definition) is 4. The van der Waals surface area contributed by atoms with Crippen molar-refractivity contribution in [3.05, 3.63) is 29.3 Å². The van der Waals surface area contributed by atoms with Crippen LogP contribution in [0.2, 0.25) is 0 Å². The normalized spacial score (nSPS) is 20.1. The molecule has 2 rings (SSSR count). The van der Waals surface area contributed by atoms with Gasteiger partial charge in [-0.2, -0.15) is 12.6 Å². The molecule has 0 fully saturated rings. The Morgan fingerprint density at radius 1 is 1.44 bits per heavy atom. The van der Waals surface area contributed by atoms with Crippen molar-refractivity contribution < 1.29 is 8.42 Å². The van der Waals surface area contributed by atoms with Crippen LogP contribution in [0.3, 0.4) is 0 Å². The minimum atomic E-state index is -3.05. The molecule has 0 amide bonds. The molecule has 2 N–H and O–H groups in total. The maximum Gasteiger partial charge on any atom is 0.178 e. The lowest BCUT2D eigenvalue weighted by Gasteiger charge is -2.18. The third-order valence-electron chi connectivity index (χ3n) is 2.89. The first kappa shape index (κ1) is 12.0. The van der Waals surface area contributed by atoms with Gasteiger partial charge in [0, 0.05) is 11.8 Å². The molecule has 1 aromatic rings. The van der Waals surface area contributed by atoms with Gasteiger partial charge in [0.1, 0.15) is 0 Å². The number of benzene rings is 1. The zero-order valence-corrected chi connectivity index (χ0v) is 10.6. The Balaban J connectivity index is 2.48. The fourth-order valence-corrected chi connectivity index (χ4v) is 3.74. The predicted molar refractivity (Wildman–Crippen MR) is 67.6 cm³/mol. The van der Waals surface area contributed by atoms with E-state index in [2.05, 4.69) is 12.6 Å². The monoisotopic (exact) mass is 257 g/mol. The molecule has 1 atom stereocenters. The molecule has 1 heterocycles. The maximum absolute atomic E-state index is 11.8. The zero-order valence-electron chi connectivity index (χ0n) is 8.89. The second-order valence-electron chi connectivity index (χ2n) is 4.04.